The first-order valence-electron chi connectivity index (χ1n) is 16.2. The lowest BCUT2D eigenvalue weighted by Crippen LogP contribution is -2.43. The van der Waals surface area contributed by atoms with Crippen LogP contribution in [0.4, 0.5) is 0 Å². The van der Waals surface area contributed by atoms with Crippen molar-refractivity contribution in [1.82, 2.24) is 14.9 Å². The van der Waals surface area contributed by atoms with Crippen molar-refractivity contribution < 1.29 is 29.2 Å². The zero-order valence-corrected chi connectivity index (χ0v) is 26.8. The van der Waals surface area contributed by atoms with E-state index in [9.17, 15) is 10.2 Å². The quantitative estimate of drug-likeness (QED) is 0.100. The number of aromatic amines is 2. The van der Waals surface area contributed by atoms with E-state index in [1.54, 1.807) is 7.11 Å². The number of hydrogen-bond acceptors (Lipinski definition) is 7. The Morgan fingerprint density at radius 2 is 1.00 bits per heavy atom. The van der Waals surface area contributed by atoms with Crippen LogP contribution >= 0.6 is 0 Å². The van der Waals surface area contributed by atoms with Gasteiger partial charge in [-0.2, -0.15) is 0 Å². The molecule has 48 heavy (non-hydrogen) atoms. The molecule has 0 aliphatic rings. The third-order valence-corrected chi connectivity index (χ3v) is 8.52. The number of aromatic nitrogens is 2. The summed E-state index contributed by atoms with van der Waals surface area (Å²) >= 11 is 0. The molecule has 4 N–H and O–H groups in total. The van der Waals surface area contributed by atoms with Gasteiger partial charge >= 0.3 is 0 Å². The van der Waals surface area contributed by atoms with E-state index in [0.29, 0.717) is 36.1 Å². The van der Waals surface area contributed by atoms with E-state index < -0.39 is 12.2 Å². The van der Waals surface area contributed by atoms with Gasteiger partial charge in [-0.25, -0.2) is 0 Å². The molecular weight excluding hydrogens is 606 g/mol. The van der Waals surface area contributed by atoms with Crippen molar-refractivity contribution in [2.24, 2.45) is 0 Å². The molecule has 2 heterocycles. The molecule has 5 aromatic carbocycles. The maximum Gasteiger partial charge on any atom is 0.161 e. The van der Waals surface area contributed by atoms with Crippen LogP contribution in [-0.2, 0) is 0 Å². The first-order valence-corrected chi connectivity index (χ1v) is 16.2. The Hall–Kier alpha value is -5.22. The highest BCUT2D eigenvalue weighted by Gasteiger charge is 2.19. The molecule has 0 radical (unpaired) electrons. The van der Waals surface area contributed by atoms with Gasteiger partial charge in [-0.15, -0.1) is 0 Å². The number of hydrogen-bond donors (Lipinski definition) is 4. The lowest BCUT2D eigenvalue weighted by atomic mass is 10.1. The molecule has 7 aromatic rings. The highest BCUT2D eigenvalue weighted by molar-refractivity contribution is 6.11. The largest absolute Gasteiger partial charge is 0.493 e. The number of rotatable bonds is 15. The molecule has 246 valence electrons. The van der Waals surface area contributed by atoms with Crippen LogP contribution in [0.25, 0.3) is 43.6 Å². The minimum absolute atomic E-state index is 0.0810. The Bertz CT molecular complexity index is 2010. The van der Waals surface area contributed by atoms with Gasteiger partial charge in [0.05, 0.1) is 18.1 Å². The Balaban J connectivity index is 1.02. The van der Waals surface area contributed by atoms with Crippen LogP contribution in [0.2, 0.25) is 0 Å². The summed E-state index contributed by atoms with van der Waals surface area (Å²) in [5, 5.41) is 26.5. The van der Waals surface area contributed by atoms with Crippen LogP contribution in [0.5, 0.6) is 23.0 Å². The van der Waals surface area contributed by atoms with Crippen molar-refractivity contribution in [3.63, 3.8) is 0 Å². The second-order valence-electron chi connectivity index (χ2n) is 11.9. The average Bonchev–Trinajstić information content (AvgIpc) is 3.69. The molecule has 0 aliphatic heterocycles. The number of H-pyrrole nitrogens is 2. The van der Waals surface area contributed by atoms with Gasteiger partial charge in [0.1, 0.15) is 43.5 Å². The van der Waals surface area contributed by atoms with E-state index in [4.69, 9.17) is 18.9 Å². The first kappa shape index (κ1) is 31.4. The molecule has 7 rings (SSSR count). The summed E-state index contributed by atoms with van der Waals surface area (Å²) in [6, 6.07) is 35.4. The van der Waals surface area contributed by atoms with E-state index in [2.05, 4.69) is 22.1 Å². The standard InChI is InChI=1S/C39H39N3O6/c1-45-34-16-6-7-17-35(34)46-21-20-42(22-26(43)24-47-36-18-8-14-32-38(36)28-10-2-4-12-30(28)40-32)23-27(44)25-48-37-19-9-15-33-39(37)29-11-3-5-13-31(29)41-33/h2-19,26-27,40-41,43-44H,20-25H2,1H3/t26-,27-/m1/s1. The van der Waals surface area contributed by atoms with Crippen molar-refractivity contribution in [2.45, 2.75) is 12.2 Å². The zero-order valence-electron chi connectivity index (χ0n) is 26.8. The number of nitrogens with one attached hydrogen (secondary N) is 2. The molecule has 0 unspecified atom stereocenters. The smallest absolute Gasteiger partial charge is 0.161 e. The van der Waals surface area contributed by atoms with Crippen LogP contribution in [0.1, 0.15) is 0 Å². The second kappa shape index (κ2) is 14.3. The minimum Gasteiger partial charge on any atom is -0.493 e. The number of para-hydroxylation sites is 4. The number of fused-ring (bicyclic) bond motifs is 6. The molecule has 9 nitrogen and oxygen atoms in total. The summed E-state index contributed by atoms with van der Waals surface area (Å²) in [5.41, 5.74) is 4.01. The Kier molecular flexibility index (Phi) is 9.33. The van der Waals surface area contributed by atoms with E-state index in [1.165, 1.54) is 0 Å². The van der Waals surface area contributed by atoms with E-state index >= 15 is 0 Å². The Morgan fingerprint density at radius 1 is 0.542 bits per heavy atom. The van der Waals surface area contributed by atoms with Crippen LogP contribution in [-0.4, -0.2) is 83.9 Å². The van der Waals surface area contributed by atoms with Gasteiger partial charge in [-0.3, -0.25) is 4.90 Å². The number of aliphatic hydroxyl groups excluding tert-OH is 2. The highest BCUT2D eigenvalue weighted by Crippen LogP contribution is 2.34. The molecule has 0 fully saturated rings. The maximum absolute atomic E-state index is 11.2. The summed E-state index contributed by atoms with van der Waals surface area (Å²) in [6.45, 7) is 1.45. The first-order chi connectivity index (χ1) is 23.6. The normalized spacial score (nSPS) is 13.0. The van der Waals surface area contributed by atoms with Crippen molar-refractivity contribution in [2.75, 3.05) is 46.6 Å². The van der Waals surface area contributed by atoms with Crippen LogP contribution < -0.4 is 18.9 Å². The predicted molar refractivity (Wildman–Crippen MR) is 190 cm³/mol. The zero-order chi connectivity index (χ0) is 32.9. The Labute approximate surface area is 278 Å². The van der Waals surface area contributed by atoms with Crippen molar-refractivity contribution in [1.29, 1.82) is 0 Å². The van der Waals surface area contributed by atoms with E-state index in [1.807, 2.05) is 102 Å². The third kappa shape index (κ3) is 6.75. The SMILES string of the molecule is COc1ccccc1OCCN(C[C@@H](O)COc1cccc2[nH]c3ccccc3c12)C[C@@H](O)COc1cccc2[nH]c3ccccc3c12. The van der Waals surface area contributed by atoms with Crippen molar-refractivity contribution >= 4 is 43.6 Å². The van der Waals surface area contributed by atoms with Gasteiger partial charge < -0.3 is 39.1 Å². The van der Waals surface area contributed by atoms with Crippen LogP contribution in [0, 0.1) is 0 Å². The number of nitrogens with zero attached hydrogens (tertiary/aromatic N) is 1. The Morgan fingerprint density at radius 3 is 1.54 bits per heavy atom. The molecular formula is C39H39N3O6. The summed E-state index contributed by atoms with van der Waals surface area (Å²) in [5.74, 6) is 2.68. The number of methoxy groups -OCH3 is 1. The third-order valence-electron chi connectivity index (χ3n) is 8.52. The van der Waals surface area contributed by atoms with Gasteiger partial charge in [0, 0.05) is 52.2 Å². The fraction of sp³-hybridized carbons (Fsp3) is 0.231. The molecule has 2 aromatic heterocycles. The molecule has 0 spiro atoms. The minimum atomic E-state index is -0.829. The van der Waals surface area contributed by atoms with Crippen molar-refractivity contribution in [3.8, 4) is 23.0 Å². The van der Waals surface area contributed by atoms with Gasteiger partial charge in [0.15, 0.2) is 11.5 Å². The summed E-state index contributed by atoms with van der Waals surface area (Å²) in [6.07, 6.45) is -1.66. The van der Waals surface area contributed by atoms with Gasteiger partial charge in [0.25, 0.3) is 0 Å². The molecule has 9 heteroatoms. The molecule has 0 saturated carbocycles. The van der Waals surface area contributed by atoms with Crippen LogP contribution in [0.15, 0.2) is 109 Å². The molecule has 2 atom stereocenters. The lowest BCUT2D eigenvalue weighted by molar-refractivity contribution is 0.0271. The highest BCUT2D eigenvalue weighted by atomic mass is 16.5. The molecule has 0 amide bonds. The summed E-state index contributed by atoms with van der Waals surface area (Å²) < 4.78 is 23.9. The summed E-state index contributed by atoms with van der Waals surface area (Å²) in [4.78, 5) is 8.83. The maximum atomic E-state index is 11.2. The fourth-order valence-electron chi connectivity index (χ4n) is 6.33. The van der Waals surface area contributed by atoms with Crippen molar-refractivity contribution in [3.05, 3.63) is 109 Å². The number of aliphatic hydroxyl groups is 2. The molecule has 0 aliphatic carbocycles. The molecule has 0 bridgehead atoms. The number of ether oxygens (including phenoxy) is 4. The predicted octanol–water partition coefficient (Wildman–Crippen LogP) is 6.52. The van der Waals surface area contributed by atoms with E-state index in [0.717, 1.165) is 43.6 Å². The fourth-order valence-corrected chi connectivity index (χ4v) is 6.33. The number of benzene rings is 5. The second-order valence-corrected chi connectivity index (χ2v) is 11.9. The monoisotopic (exact) mass is 645 g/mol. The van der Waals surface area contributed by atoms with Gasteiger partial charge in [-0.1, -0.05) is 60.7 Å². The summed E-state index contributed by atoms with van der Waals surface area (Å²) in [7, 11) is 1.61. The lowest BCUT2D eigenvalue weighted by Gasteiger charge is -2.27. The average molecular weight is 646 g/mol. The topological polar surface area (TPSA) is 112 Å². The van der Waals surface area contributed by atoms with Gasteiger partial charge in [-0.05, 0) is 48.5 Å². The van der Waals surface area contributed by atoms with Crippen LogP contribution in [0.3, 0.4) is 0 Å². The van der Waals surface area contributed by atoms with Gasteiger partial charge in [0.2, 0.25) is 0 Å². The van der Waals surface area contributed by atoms with E-state index in [-0.39, 0.29) is 26.3 Å². The molecule has 0 saturated heterocycles.